The predicted molar refractivity (Wildman–Crippen MR) is 62.1 cm³/mol. The van der Waals surface area contributed by atoms with Gasteiger partial charge in [0.05, 0.1) is 11.3 Å². The summed E-state index contributed by atoms with van der Waals surface area (Å²) in [4.78, 5) is 0. The second-order valence-electron chi connectivity index (χ2n) is 4.46. The summed E-state index contributed by atoms with van der Waals surface area (Å²) in [6.07, 6.45) is 3.65. The first-order valence-electron chi connectivity index (χ1n) is 5.63. The topological polar surface area (TPSA) is 63.4 Å². The molecule has 90 valence electrons. The molecule has 5 heteroatoms. The fraction of sp³-hybridized carbons (Fsp3) is 1.00. The molecule has 0 bridgehead atoms. The summed E-state index contributed by atoms with van der Waals surface area (Å²) in [6.45, 7) is 4.14. The van der Waals surface area contributed by atoms with Crippen LogP contribution in [0, 0.1) is 0 Å². The first kappa shape index (κ1) is 12.9. The second-order valence-corrected chi connectivity index (χ2v) is 6.50. The Morgan fingerprint density at radius 1 is 1.33 bits per heavy atom. The van der Waals surface area contributed by atoms with Gasteiger partial charge in [-0.3, -0.25) is 0 Å². The largest absolute Gasteiger partial charge is 0.325 e. The number of hydrogen-bond acceptors (Lipinski definition) is 3. The fourth-order valence-electron chi connectivity index (χ4n) is 2.68. The lowest BCUT2D eigenvalue weighted by Crippen LogP contribution is -2.52. The molecule has 1 saturated heterocycles. The van der Waals surface area contributed by atoms with Gasteiger partial charge in [-0.05, 0) is 12.8 Å². The molecule has 0 amide bonds. The first-order valence-corrected chi connectivity index (χ1v) is 7.24. The van der Waals surface area contributed by atoms with Crippen LogP contribution in [-0.2, 0) is 10.0 Å². The number of nitrogens with zero attached hydrogens (tertiary/aromatic N) is 1. The molecule has 0 radical (unpaired) electrons. The van der Waals surface area contributed by atoms with E-state index in [1.807, 2.05) is 0 Å². The summed E-state index contributed by atoms with van der Waals surface area (Å²) < 4.78 is 25.1. The number of sulfonamides is 1. The van der Waals surface area contributed by atoms with Gasteiger partial charge in [0.15, 0.2) is 0 Å². The highest BCUT2D eigenvalue weighted by atomic mass is 32.2. The normalized spacial score (nSPS) is 29.5. The maximum absolute atomic E-state index is 11.8. The van der Waals surface area contributed by atoms with Gasteiger partial charge < -0.3 is 5.73 Å². The highest BCUT2D eigenvalue weighted by Crippen LogP contribution is 2.37. The Labute approximate surface area is 92.9 Å². The Balaban J connectivity index is 3.06. The standard InChI is InChI=1S/C10H22N2O2S/c1-4-6-10(7-5-2)9(11)8-15(13,14)12(10)3/h9H,4-8,11H2,1-3H3. The minimum atomic E-state index is -3.12. The summed E-state index contributed by atoms with van der Waals surface area (Å²) >= 11 is 0. The van der Waals surface area contributed by atoms with Crippen LogP contribution in [0.4, 0.5) is 0 Å². The van der Waals surface area contributed by atoms with Crippen molar-refractivity contribution in [1.29, 1.82) is 0 Å². The Kier molecular flexibility index (Phi) is 3.79. The molecule has 1 unspecified atom stereocenters. The minimum absolute atomic E-state index is 0.101. The number of likely N-dealkylation sites (N-methyl/N-ethyl adjacent to an activating group) is 1. The van der Waals surface area contributed by atoms with Crippen molar-refractivity contribution < 1.29 is 8.42 Å². The van der Waals surface area contributed by atoms with Gasteiger partial charge in [-0.15, -0.1) is 0 Å². The lowest BCUT2D eigenvalue weighted by Gasteiger charge is -2.37. The Morgan fingerprint density at radius 2 is 1.80 bits per heavy atom. The molecule has 0 spiro atoms. The van der Waals surface area contributed by atoms with Crippen LogP contribution in [0.1, 0.15) is 39.5 Å². The van der Waals surface area contributed by atoms with Crippen molar-refractivity contribution in [2.24, 2.45) is 5.73 Å². The molecule has 1 atom stereocenters. The van der Waals surface area contributed by atoms with Crippen LogP contribution in [0.15, 0.2) is 0 Å². The average Bonchev–Trinajstić information content (AvgIpc) is 2.29. The molecule has 1 fully saturated rings. The van der Waals surface area contributed by atoms with Crippen molar-refractivity contribution >= 4 is 10.0 Å². The molecule has 0 aromatic carbocycles. The van der Waals surface area contributed by atoms with Crippen LogP contribution >= 0.6 is 0 Å². The molecule has 0 aromatic rings. The summed E-state index contributed by atoms with van der Waals surface area (Å²) in [5, 5.41) is 0. The van der Waals surface area contributed by atoms with Gasteiger partial charge in [-0.25, -0.2) is 8.42 Å². The zero-order valence-corrected chi connectivity index (χ0v) is 10.7. The summed E-state index contributed by atoms with van der Waals surface area (Å²) in [6, 6.07) is -0.243. The molecule has 2 N–H and O–H groups in total. The van der Waals surface area contributed by atoms with Crippen LogP contribution in [0.3, 0.4) is 0 Å². The van der Waals surface area contributed by atoms with E-state index in [2.05, 4.69) is 13.8 Å². The fourth-order valence-corrected chi connectivity index (χ4v) is 4.54. The maximum Gasteiger partial charge on any atom is 0.216 e. The van der Waals surface area contributed by atoms with Crippen LogP contribution < -0.4 is 5.73 Å². The average molecular weight is 234 g/mol. The molecule has 1 aliphatic rings. The SMILES string of the molecule is CCCC1(CCC)C(N)CS(=O)(=O)N1C. The molecular formula is C10H22N2O2S. The van der Waals surface area contributed by atoms with Crippen LogP contribution in [0.5, 0.6) is 0 Å². The van der Waals surface area contributed by atoms with Gasteiger partial charge in [0, 0.05) is 13.1 Å². The van der Waals surface area contributed by atoms with E-state index in [1.165, 1.54) is 4.31 Å². The third-order valence-electron chi connectivity index (χ3n) is 3.49. The lowest BCUT2D eigenvalue weighted by atomic mass is 9.83. The Morgan fingerprint density at radius 3 is 2.07 bits per heavy atom. The molecular weight excluding hydrogens is 212 g/mol. The van der Waals surface area contributed by atoms with Crippen molar-refractivity contribution in [1.82, 2.24) is 4.31 Å². The molecule has 0 saturated carbocycles. The molecule has 1 heterocycles. The van der Waals surface area contributed by atoms with Crippen LogP contribution in [0.25, 0.3) is 0 Å². The van der Waals surface area contributed by atoms with E-state index in [0.29, 0.717) is 0 Å². The molecule has 1 aliphatic heterocycles. The van der Waals surface area contributed by atoms with E-state index in [4.69, 9.17) is 5.73 Å². The molecule has 0 aliphatic carbocycles. The van der Waals surface area contributed by atoms with E-state index in [9.17, 15) is 8.42 Å². The van der Waals surface area contributed by atoms with Crippen LogP contribution in [-0.4, -0.2) is 37.1 Å². The van der Waals surface area contributed by atoms with Gasteiger partial charge in [0.25, 0.3) is 0 Å². The maximum atomic E-state index is 11.8. The first-order chi connectivity index (χ1) is 6.90. The van der Waals surface area contributed by atoms with Crippen molar-refractivity contribution in [3.8, 4) is 0 Å². The van der Waals surface area contributed by atoms with Gasteiger partial charge in [0.1, 0.15) is 0 Å². The highest BCUT2D eigenvalue weighted by molar-refractivity contribution is 7.89. The van der Waals surface area contributed by atoms with E-state index in [0.717, 1.165) is 25.7 Å². The monoisotopic (exact) mass is 234 g/mol. The van der Waals surface area contributed by atoms with Gasteiger partial charge >= 0.3 is 0 Å². The number of hydrogen-bond donors (Lipinski definition) is 1. The van der Waals surface area contributed by atoms with Crippen molar-refractivity contribution in [2.75, 3.05) is 12.8 Å². The number of rotatable bonds is 4. The highest BCUT2D eigenvalue weighted by Gasteiger charge is 2.51. The molecule has 15 heavy (non-hydrogen) atoms. The van der Waals surface area contributed by atoms with Gasteiger partial charge in [-0.1, -0.05) is 26.7 Å². The van der Waals surface area contributed by atoms with Crippen LogP contribution in [0.2, 0.25) is 0 Å². The lowest BCUT2D eigenvalue weighted by molar-refractivity contribution is 0.176. The quantitative estimate of drug-likeness (QED) is 0.787. The Bertz CT molecular complexity index is 307. The smallest absolute Gasteiger partial charge is 0.216 e. The second kappa shape index (κ2) is 4.39. The van der Waals surface area contributed by atoms with Crippen molar-refractivity contribution in [2.45, 2.75) is 51.1 Å². The summed E-state index contributed by atoms with van der Waals surface area (Å²) in [5.41, 5.74) is 5.70. The molecule has 4 nitrogen and oxygen atoms in total. The van der Waals surface area contributed by atoms with Gasteiger partial charge in [-0.2, -0.15) is 4.31 Å². The minimum Gasteiger partial charge on any atom is -0.325 e. The summed E-state index contributed by atoms with van der Waals surface area (Å²) in [7, 11) is -1.44. The molecule has 1 rings (SSSR count). The third-order valence-corrected chi connectivity index (χ3v) is 5.47. The van der Waals surface area contributed by atoms with E-state index >= 15 is 0 Å². The molecule has 0 aromatic heterocycles. The number of nitrogens with two attached hydrogens (primary N) is 1. The van der Waals surface area contributed by atoms with E-state index in [1.54, 1.807) is 7.05 Å². The third kappa shape index (κ3) is 2.05. The zero-order chi connectivity index (χ0) is 11.7. The van der Waals surface area contributed by atoms with E-state index < -0.39 is 10.0 Å². The van der Waals surface area contributed by atoms with Gasteiger partial charge in [0.2, 0.25) is 10.0 Å². The van der Waals surface area contributed by atoms with E-state index in [-0.39, 0.29) is 17.3 Å². The van der Waals surface area contributed by atoms with Crippen molar-refractivity contribution in [3.05, 3.63) is 0 Å². The predicted octanol–water partition coefficient (Wildman–Crippen LogP) is 0.928. The summed E-state index contributed by atoms with van der Waals surface area (Å²) in [5.74, 6) is 0.101. The Hall–Kier alpha value is -0.130. The van der Waals surface area contributed by atoms with Crippen molar-refractivity contribution in [3.63, 3.8) is 0 Å². The zero-order valence-electron chi connectivity index (χ0n) is 9.86.